The van der Waals surface area contributed by atoms with Gasteiger partial charge in [-0.1, -0.05) is 30.3 Å². The molecule has 1 amide bonds. The van der Waals surface area contributed by atoms with Crippen LogP contribution in [0.1, 0.15) is 12.0 Å². The number of rotatable bonds is 6. The molecular formula is C20H28IN5OS. The summed E-state index contributed by atoms with van der Waals surface area (Å²) in [7, 11) is 1.80. The summed E-state index contributed by atoms with van der Waals surface area (Å²) in [4.78, 5) is 21.1. The fourth-order valence-corrected chi connectivity index (χ4v) is 3.88. The zero-order valence-electron chi connectivity index (χ0n) is 16.1. The molecule has 6 nitrogen and oxygen atoms in total. The van der Waals surface area contributed by atoms with Crippen molar-refractivity contribution in [3.05, 3.63) is 53.4 Å². The summed E-state index contributed by atoms with van der Waals surface area (Å²) < 4.78 is 0. The van der Waals surface area contributed by atoms with E-state index in [0.29, 0.717) is 19.5 Å². The van der Waals surface area contributed by atoms with Crippen LogP contribution in [-0.2, 0) is 11.3 Å². The van der Waals surface area contributed by atoms with Gasteiger partial charge in [-0.05, 0) is 23.1 Å². The van der Waals surface area contributed by atoms with Crippen molar-refractivity contribution in [2.24, 2.45) is 4.99 Å². The highest BCUT2D eigenvalue weighted by Gasteiger charge is 2.20. The van der Waals surface area contributed by atoms with E-state index < -0.39 is 0 Å². The van der Waals surface area contributed by atoms with Gasteiger partial charge in [0.2, 0.25) is 5.91 Å². The SMILES string of the molecule is CN=C(NCCC(=O)NCc1ccccc1)N1CCN(c2cccs2)CC1.I. The van der Waals surface area contributed by atoms with Crippen molar-refractivity contribution in [1.29, 1.82) is 0 Å². The molecule has 1 aliphatic rings. The number of amides is 1. The topological polar surface area (TPSA) is 60.0 Å². The number of piperazine rings is 1. The van der Waals surface area contributed by atoms with Crippen molar-refractivity contribution in [1.82, 2.24) is 15.5 Å². The van der Waals surface area contributed by atoms with Gasteiger partial charge >= 0.3 is 0 Å². The summed E-state index contributed by atoms with van der Waals surface area (Å²) in [5, 5.41) is 9.71. The average Bonchev–Trinajstić information content (AvgIpc) is 3.26. The van der Waals surface area contributed by atoms with E-state index in [4.69, 9.17) is 0 Å². The summed E-state index contributed by atoms with van der Waals surface area (Å²) in [6, 6.07) is 14.2. The Balaban J connectivity index is 0.00000280. The van der Waals surface area contributed by atoms with E-state index in [9.17, 15) is 4.79 Å². The fourth-order valence-electron chi connectivity index (χ4n) is 3.09. The monoisotopic (exact) mass is 513 g/mol. The zero-order chi connectivity index (χ0) is 18.9. The Morgan fingerprint density at radius 3 is 2.46 bits per heavy atom. The van der Waals surface area contributed by atoms with Crippen LogP contribution in [-0.4, -0.2) is 56.5 Å². The van der Waals surface area contributed by atoms with Gasteiger partial charge in [-0.3, -0.25) is 9.79 Å². The van der Waals surface area contributed by atoms with E-state index in [1.165, 1.54) is 5.00 Å². The molecule has 0 atom stereocenters. The number of nitrogens with one attached hydrogen (secondary N) is 2. The maximum atomic E-state index is 12.0. The minimum Gasteiger partial charge on any atom is -0.360 e. The second kappa shape index (κ2) is 11.9. The molecule has 1 aromatic heterocycles. The van der Waals surface area contributed by atoms with Crippen molar-refractivity contribution >= 4 is 52.2 Å². The number of aliphatic imine (C=N–C) groups is 1. The lowest BCUT2D eigenvalue weighted by atomic mass is 10.2. The quantitative estimate of drug-likeness (QED) is 0.355. The average molecular weight is 513 g/mol. The fraction of sp³-hybridized carbons (Fsp3) is 0.400. The third-order valence-corrected chi connectivity index (χ3v) is 5.51. The predicted molar refractivity (Wildman–Crippen MR) is 128 cm³/mol. The van der Waals surface area contributed by atoms with Crippen LogP contribution in [0.2, 0.25) is 0 Å². The third kappa shape index (κ3) is 6.66. The molecule has 3 rings (SSSR count). The Morgan fingerprint density at radius 2 is 1.82 bits per heavy atom. The lowest BCUT2D eigenvalue weighted by Gasteiger charge is -2.37. The molecule has 152 valence electrons. The van der Waals surface area contributed by atoms with Gasteiger partial charge in [0.25, 0.3) is 0 Å². The van der Waals surface area contributed by atoms with Crippen LogP contribution in [0.5, 0.6) is 0 Å². The molecule has 0 aliphatic carbocycles. The Kier molecular flexibility index (Phi) is 9.56. The van der Waals surface area contributed by atoms with Crippen LogP contribution in [0.3, 0.4) is 0 Å². The number of hydrogen-bond acceptors (Lipinski definition) is 4. The summed E-state index contributed by atoms with van der Waals surface area (Å²) in [6.45, 7) is 4.98. The van der Waals surface area contributed by atoms with Gasteiger partial charge in [0.05, 0.1) is 5.00 Å². The van der Waals surface area contributed by atoms with E-state index in [-0.39, 0.29) is 29.9 Å². The summed E-state index contributed by atoms with van der Waals surface area (Å²) >= 11 is 1.78. The van der Waals surface area contributed by atoms with Gasteiger partial charge < -0.3 is 20.4 Å². The van der Waals surface area contributed by atoms with E-state index >= 15 is 0 Å². The van der Waals surface area contributed by atoms with E-state index in [1.807, 2.05) is 30.3 Å². The molecule has 0 radical (unpaired) electrons. The van der Waals surface area contributed by atoms with Crippen molar-refractivity contribution in [3.8, 4) is 0 Å². The normalized spacial score (nSPS) is 14.4. The van der Waals surface area contributed by atoms with Crippen LogP contribution < -0.4 is 15.5 Å². The standard InChI is InChI=1S/C20H27N5OS.HI/c1-21-20(25-13-11-24(12-14-25)19-8-5-15-27-19)22-10-9-18(26)23-16-17-6-3-2-4-7-17;/h2-8,15H,9-14,16H2,1H3,(H,21,22)(H,23,26);1H. The Labute approximate surface area is 188 Å². The smallest absolute Gasteiger partial charge is 0.222 e. The van der Waals surface area contributed by atoms with Crippen molar-refractivity contribution in [3.63, 3.8) is 0 Å². The van der Waals surface area contributed by atoms with Gasteiger partial charge in [0.1, 0.15) is 0 Å². The molecule has 2 aromatic rings. The molecule has 0 saturated carbocycles. The number of nitrogens with zero attached hydrogens (tertiary/aromatic N) is 3. The van der Waals surface area contributed by atoms with Crippen LogP contribution in [0, 0.1) is 0 Å². The van der Waals surface area contributed by atoms with E-state index in [0.717, 1.165) is 37.7 Å². The number of anilines is 1. The Bertz CT molecular complexity index is 730. The second-order valence-electron chi connectivity index (χ2n) is 6.41. The lowest BCUT2D eigenvalue weighted by molar-refractivity contribution is -0.121. The second-order valence-corrected chi connectivity index (χ2v) is 7.34. The van der Waals surface area contributed by atoms with Crippen LogP contribution in [0.4, 0.5) is 5.00 Å². The summed E-state index contributed by atoms with van der Waals surface area (Å²) in [5.41, 5.74) is 1.11. The van der Waals surface area contributed by atoms with Gasteiger partial charge in [0, 0.05) is 52.7 Å². The predicted octanol–water partition coefficient (Wildman–Crippen LogP) is 2.77. The van der Waals surface area contributed by atoms with E-state index in [2.05, 4.69) is 42.9 Å². The zero-order valence-corrected chi connectivity index (χ0v) is 19.3. The highest BCUT2D eigenvalue weighted by molar-refractivity contribution is 14.0. The maximum absolute atomic E-state index is 12.0. The highest BCUT2D eigenvalue weighted by atomic mass is 127. The first-order valence-corrected chi connectivity index (χ1v) is 10.2. The van der Waals surface area contributed by atoms with Gasteiger partial charge in [-0.2, -0.15) is 0 Å². The molecular weight excluding hydrogens is 485 g/mol. The Morgan fingerprint density at radius 1 is 1.07 bits per heavy atom. The Hall–Kier alpha value is -1.81. The van der Waals surface area contributed by atoms with Crippen molar-refractivity contribution in [2.45, 2.75) is 13.0 Å². The van der Waals surface area contributed by atoms with Crippen LogP contribution in [0.15, 0.2) is 52.8 Å². The largest absolute Gasteiger partial charge is 0.360 e. The molecule has 8 heteroatoms. The third-order valence-electron chi connectivity index (χ3n) is 4.58. The van der Waals surface area contributed by atoms with Gasteiger partial charge in [-0.25, -0.2) is 0 Å². The molecule has 0 unspecified atom stereocenters. The number of thiophene rings is 1. The number of halogens is 1. The maximum Gasteiger partial charge on any atom is 0.222 e. The van der Waals surface area contributed by atoms with Crippen LogP contribution in [0.25, 0.3) is 0 Å². The molecule has 1 fully saturated rings. The summed E-state index contributed by atoms with van der Waals surface area (Å²) in [5.74, 6) is 0.918. The number of benzene rings is 1. The number of guanidine groups is 1. The minimum absolute atomic E-state index is 0. The van der Waals surface area contributed by atoms with Crippen molar-refractivity contribution in [2.75, 3.05) is 44.7 Å². The molecule has 1 saturated heterocycles. The summed E-state index contributed by atoms with van der Waals surface area (Å²) in [6.07, 6.45) is 0.432. The molecule has 2 heterocycles. The molecule has 0 bridgehead atoms. The first kappa shape index (κ1) is 22.5. The van der Waals surface area contributed by atoms with Crippen LogP contribution >= 0.6 is 35.3 Å². The highest BCUT2D eigenvalue weighted by Crippen LogP contribution is 2.22. The number of carbonyl (C=O) groups is 1. The molecule has 1 aromatic carbocycles. The molecule has 2 N–H and O–H groups in total. The minimum atomic E-state index is 0. The number of carbonyl (C=O) groups excluding carboxylic acids is 1. The van der Waals surface area contributed by atoms with Gasteiger partial charge in [-0.15, -0.1) is 35.3 Å². The molecule has 0 spiro atoms. The molecule has 1 aliphatic heterocycles. The van der Waals surface area contributed by atoms with Gasteiger partial charge in [0.15, 0.2) is 5.96 Å². The first-order chi connectivity index (χ1) is 13.3. The lowest BCUT2D eigenvalue weighted by Crippen LogP contribution is -2.52. The van der Waals surface area contributed by atoms with Crippen molar-refractivity contribution < 1.29 is 4.79 Å². The first-order valence-electron chi connectivity index (χ1n) is 9.31. The number of hydrogen-bond donors (Lipinski definition) is 2. The van der Waals surface area contributed by atoms with E-state index in [1.54, 1.807) is 18.4 Å². The molecule has 28 heavy (non-hydrogen) atoms.